The maximum atomic E-state index is 12.4. The Hall–Kier alpha value is -3.28. The number of pyridine rings is 3. The van der Waals surface area contributed by atoms with Gasteiger partial charge < -0.3 is 10.2 Å². The quantitative estimate of drug-likeness (QED) is 0.711. The summed E-state index contributed by atoms with van der Waals surface area (Å²) in [4.78, 5) is 26.7. The molecule has 0 aliphatic heterocycles. The van der Waals surface area contributed by atoms with Gasteiger partial charge in [0.25, 0.3) is 5.91 Å². The lowest BCUT2D eigenvalue weighted by Crippen LogP contribution is -2.24. The summed E-state index contributed by atoms with van der Waals surface area (Å²) in [5, 5.41) is 2.91. The summed E-state index contributed by atoms with van der Waals surface area (Å²) in [6.45, 7) is 1.29. The molecule has 0 bridgehead atoms. The molecule has 0 aliphatic carbocycles. The number of likely N-dealkylation sites (N-methyl/N-ethyl adjacent to an activating group) is 1. The van der Waals surface area contributed by atoms with E-state index in [0.717, 1.165) is 24.2 Å². The molecule has 6 heteroatoms. The van der Waals surface area contributed by atoms with Crippen molar-refractivity contribution in [2.75, 3.05) is 18.5 Å². The van der Waals surface area contributed by atoms with Gasteiger partial charge in [0.2, 0.25) is 0 Å². The Balaban J connectivity index is 1.59. The van der Waals surface area contributed by atoms with Crippen LogP contribution in [0.25, 0.3) is 0 Å². The molecule has 0 spiro atoms. The van der Waals surface area contributed by atoms with Gasteiger partial charge in [-0.15, -0.1) is 0 Å². The first kappa shape index (κ1) is 17.5. The van der Waals surface area contributed by atoms with Crippen LogP contribution in [0.2, 0.25) is 0 Å². The highest BCUT2D eigenvalue weighted by Gasteiger charge is 2.09. The second-order valence-corrected chi connectivity index (χ2v) is 6.00. The smallest absolute Gasteiger partial charge is 0.253 e. The molecule has 0 saturated carbocycles. The minimum Gasteiger partial charge on any atom is -0.373 e. The predicted octanol–water partition coefficient (Wildman–Crippen LogP) is 2.48. The van der Waals surface area contributed by atoms with Crippen LogP contribution < -0.4 is 10.2 Å². The fourth-order valence-corrected chi connectivity index (χ4v) is 2.52. The van der Waals surface area contributed by atoms with Crippen molar-refractivity contribution < 1.29 is 4.79 Å². The molecule has 0 saturated heterocycles. The SMILES string of the molecule is CN(CCc1ccncc1)c1cncc(C(=O)NCc2ccncc2)c1. The van der Waals surface area contributed by atoms with Gasteiger partial charge in [-0.05, 0) is 47.9 Å². The molecule has 3 rings (SSSR count). The first-order valence-electron chi connectivity index (χ1n) is 8.44. The molecule has 0 fully saturated rings. The van der Waals surface area contributed by atoms with Crippen molar-refractivity contribution in [2.45, 2.75) is 13.0 Å². The highest BCUT2D eigenvalue weighted by Crippen LogP contribution is 2.14. The van der Waals surface area contributed by atoms with E-state index in [1.807, 2.05) is 37.4 Å². The number of hydrogen-bond acceptors (Lipinski definition) is 5. The number of nitrogens with zero attached hydrogens (tertiary/aromatic N) is 4. The zero-order valence-electron chi connectivity index (χ0n) is 14.7. The third-order valence-electron chi connectivity index (χ3n) is 4.11. The Morgan fingerprint density at radius 1 is 0.962 bits per heavy atom. The molecule has 6 nitrogen and oxygen atoms in total. The average molecular weight is 347 g/mol. The summed E-state index contributed by atoms with van der Waals surface area (Å²) in [6.07, 6.45) is 11.3. The Morgan fingerprint density at radius 3 is 2.31 bits per heavy atom. The number of rotatable bonds is 7. The van der Waals surface area contributed by atoms with Gasteiger partial charge in [-0.3, -0.25) is 19.7 Å². The van der Waals surface area contributed by atoms with Gasteiger partial charge >= 0.3 is 0 Å². The van der Waals surface area contributed by atoms with Crippen molar-refractivity contribution in [1.29, 1.82) is 0 Å². The van der Waals surface area contributed by atoms with Crippen molar-refractivity contribution >= 4 is 11.6 Å². The lowest BCUT2D eigenvalue weighted by Gasteiger charge is -2.19. The fourth-order valence-electron chi connectivity index (χ4n) is 2.52. The van der Waals surface area contributed by atoms with Crippen LogP contribution in [0.15, 0.2) is 67.5 Å². The predicted molar refractivity (Wildman–Crippen MR) is 101 cm³/mol. The molecule has 0 aliphatic rings. The van der Waals surface area contributed by atoms with E-state index in [9.17, 15) is 4.79 Å². The Morgan fingerprint density at radius 2 is 1.62 bits per heavy atom. The molecule has 0 unspecified atom stereocenters. The van der Waals surface area contributed by atoms with Crippen LogP contribution in [0.5, 0.6) is 0 Å². The van der Waals surface area contributed by atoms with Gasteiger partial charge in [0, 0.05) is 51.1 Å². The van der Waals surface area contributed by atoms with Gasteiger partial charge in [0.15, 0.2) is 0 Å². The minimum absolute atomic E-state index is 0.140. The van der Waals surface area contributed by atoms with Crippen LogP contribution >= 0.6 is 0 Å². The molecule has 3 aromatic heterocycles. The third kappa shape index (κ3) is 4.86. The molecule has 26 heavy (non-hydrogen) atoms. The van der Waals surface area contributed by atoms with E-state index in [1.54, 1.807) is 37.2 Å². The lowest BCUT2D eigenvalue weighted by molar-refractivity contribution is 0.0950. The summed E-state index contributed by atoms with van der Waals surface area (Å²) in [5.74, 6) is -0.140. The van der Waals surface area contributed by atoms with Crippen LogP contribution in [0, 0.1) is 0 Å². The maximum absolute atomic E-state index is 12.4. The summed E-state index contributed by atoms with van der Waals surface area (Å²) in [5.41, 5.74) is 3.70. The highest BCUT2D eigenvalue weighted by molar-refractivity contribution is 5.94. The molecular formula is C20H21N5O. The van der Waals surface area contributed by atoms with E-state index in [2.05, 4.69) is 25.2 Å². The standard InChI is InChI=1S/C20H21N5O/c1-25(11-6-16-2-7-21-8-3-16)19-12-18(14-23-15-19)20(26)24-13-17-4-9-22-10-5-17/h2-5,7-10,12,14-15H,6,11,13H2,1H3,(H,24,26). The number of amides is 1. The number of nitrogens with one attached hydrogen (secondary N) is 1. The summed E-state index contributed by atoms with van der Waals surface area (Å²) in [7, 11) is 2.00. The van der Waals surface area contributed by atoms with Crippen molar-refractivity contribution in [2.24, 2.45) is 0 Å². The van der Waals surface area contributed by atoms with Crippen LogP contribution in [-0.4, -0.2) is 34.5 Å². The van der Waals surface area contributed by atoms with Gasteiger partial charge in [-0.1, -0.05) is 0 Å². The average Bonchev–Trinajstić information content (AvgIpc) is 2.72. The molecule has 0 aromatic carbocycles. The van der Waals surface area contributed by atoms with Gasteiger partial charge in [0.05, 0.1) is 17.4 Å². The Kier molecular flexibility index (Phi) is 5.88. The summed E-state index contributed by atoms with van der Waals surface area (Å²) in [6, 6.07) is 9.63. The zero-order valence-corrected chi connectivity index (χ0v) is 14.7. The van der Waals surface area contributed by atoms with E-state index in [0.29, 0.717) is 12.1 Å². The molecule has 3 heterocycles. The van der Waals surface area contributed by atoms with Crippen LogP contribution in [-0.2, 0) is 13.0 Å². The Labute approximate surface area is 153 Å². The minimum atomic E-state index is -0.140. The van der Waals surface area contributed by atoms with Crippen molar-refractivity contribution in [3.05, 3.63) is 84.2 Å². The van der Waals surface area contributed by atoms with Crippen molar-refractivity contribution in [3.8, 4) is 0 Å². The van der Waals surface area contributed by atoms with Gasteiger partial charge in [-0.25, -0.2) is 0 Å². The molecule has 132 valence electrons. The topological polar surface area (TPSA) is 71.0 Å². The second-order valence-electron chi connectivity index (χ2n) is 6.00. The monoisotopic (exact) mass is 347 g/mol. The largest absolute Gasteiger partial charge is 0.373 e. The van der Waals surface area contributed by atoms with Crippen LogP contribution in [0.3, 0.4) is 0 Å². The van der Waals surface area contributed by atoms with Crippen molar-refractivity contribution in [3.63, 3.8) is 0 Å². The lowest BCUT2D eigenvalue weighted by atomic mass is 10.2. The molecule has 3 aromatic rings. The molecule has 0 atom stereocenters. The molecule has 1 amide bonds. The first-order valence-corrected chi connectivity index (χ1v) is 8.44. The van der Waals surface area contributed by atoms with Gasteiger partial charge in [0.1, 0.15) is 0 Å². The molecule has 0 radical (unpaired) electrons. The molecule has 1 N–H and O–H groups in total. The number of aromatic nitrogens is 3. The molecular weight excluding hydrogens is 326 g/mol. The summed E-state index contributed by atoms with van der Waals surface area (Å²) >= 11 is 0. The normalized spacial score (nSPS) is 10.3. The van der Waals surface area contributed by atoms with E-state index in [-0.39, 0.29) is 5.91 Å². The van der Waals surface area contributed by atoms with Gasteiger partial charge in [-0.2, -0.15) is 0 Å². The van der Waals surface area contributed by atoms with Crippen molar-refractivity contribution in [1.82, 2.24) is 20.3 Å². The third-order valence-corrected chi connectivity index (χ3v) is 4.11. The van der Waals surface area contributed by atoms with Crippen LogP contribution in [0.1, 0.15) is 21.5 Å². The van der Waals surface area contributed by atoms with Crippen LogP contribution in [0.4, 0.5) is 5.69 Å². The Bertz CT molecular complexity index is 839. The zero-order chi connectivity index (χ0) is 18.2. The maximum Gasteiger partial charge on any atom is 0.253 e. The number of carbonyl (C=O) groups excluding carboxylic acids is 1. The first-order chi connectivity index (χ1) is 12.7. The number of anilines is 1. The highest BCUT2D eigenvalue weighted by atomic mass is 16.1. The number of hydrogen-bond donors (Lipinski definition) is 1. The second kappa shape index (κ2) is 8.71. The number of carbonyl (C=O) groups is 1. The van der Waals surface area contributed by atoms with E-state index >= 15 is 0 Å². The van der Waals surface area contributed by atoms with E-state index in [1.165, 1.54) is 5.56 Å². The van der Waals surface area contributed by atoms with E-state index in [4.69, 9.17) is 0 Å². The fraction of sp³-hybridized carbons (Fsp3) is 0.200. The van der Waals surface area contributed by atoms with E-state index < -0.39 is 0 Å². The summed E-state index contributed by atoms with van der Waals surface area (Å²) < 4.78 is 0.